The Hall–Kier alpha value is -2.30. The third-order valence-electron chi connectivity index (χ3n) is 3.08. The van der Waals surface area contributed by atoms with E-state index in [1.165, 1.54) is 0 Å². The lowest BCUT2D eigenvalue weighted by atomic mass is 10.1. The van der Waals surface area contributed by atoms with Crippen LogP contribution in [0, 0.1) is 6.92 Å². The van der Waals surface area contributed by atoms with Gasteiger partial charge in [-0.2, -0.15) is 0 Å². The topological polar surface area (TPSA) is 69.9 Å². The Balaban J connectivity index is 2.17. The van der Waals surface area contributed by atoms with Gasteiger partial charge in [-0.15, -0.1) is 0 Å². The van der Waals surface area contributed by atoms with Gasteiger partial charge < -0.3 is 14.8 Å². The largest absolute Gasteiger partial charge is 0.368 e. The zero-order valence-corrected chi connectivity index (χ0v) is 10.3. The fraction of sp³-hybridized carbons (Fsp3) is 0.231. The van der Waals surface area contributed by atoms with Crippen molar-refractivity contribution in [2.45, 2.75) is 20.4 Å². The number of hydrogen-bond acceptors (Lipinski definition) is 4. The highest BCUT2D eigenvalue weighted by atomic mass is 16.5. The summed E-state index contributed by atoms with van der Waals surface area (Å²) in [7, 11) is 0. The lowest BCUT2D eigenvalue weighted by Crippen LogP contribution is -1.95. The lowest BCUT2D eigenvalue weighted by Gasteiger charge is -2.01. The normalized spacial score (nSPS) is 11.2. The van der Waals surface area contributed by atoms with E-state index in [9.17, 15) is 0 Å². The maximum absolute atomic E-state index is 5.53. The van der Waals surface area contributed by atoms with Crippen molar-refractivity contribution in [2.75, 3.05) is 5.73 Å². The zero-order chi connectivity index (χ0) is 12.7. The van der Waals surface area contributed by atoms with Crippen LogP contribution in [0.4, 0.5) is 5.88 Å². The number of aromatic nitrogens is 3. The van der Waals surface area contributed by atoms with E-state index in [-0.39, 0.29) is 0 Å². The van der Waals surface area contributed by atoms with Gasteiger partial charge in [0.2, 0.25) is 5.88 Å². The average Bonchev–Trinajstić information content (AvgIpc) is 2.90. The number of hydrogen-bond donors (Lipinski definition) is 1. The monoisotopic (exact) mass is 242 g/mol. The number of benzene rings is 1. The van der Waals surface area contributed by atoms with E-state index in [2.05, 4.69) is 27.7 Å². The van der Waals surface area contributed by atoms with Crippen LogP contribution in [0.1, 0.15) is 12.7 Å². The summed E-state index contributed by atoms with van der Waals surface area (Å²) in [6.45, 7) is 5.04. The number of rotatable bonds is 2. The molecule has 2 N–H and O–H groups in total. The van der Waals surface area contributed by atoms with E-state index in [4.69, 9.17) is 10.3 Å². The first kappa shape index (κ1) is 10.8. The van der Waals surface area contributed by atoms with Gasteiger partial charge in [-0.25, -0.2) is 4.98 Å². The molecular formula is C13H14N4O. The van der Waals surface area contributed by atoms with Gasteiger partial charge in [-0.05, 0) is 26.0 Å². The van der Waals surface area contributed by atoms with Gasteiger partial charge >= 0.3 is 0 Å². The molecule has 92 valence electrons. The highest BCUT2D eigenvalue weighted by Gasteiger charge is 2.09. The molecule has 0 aliphatic rings. The molecule has 0 saturated heterocycles. The van der Waals surface area contributed by atoms with Gasteiger partial charge in [0.1, 0.15) is 11.5 Å². The van der Waals surface area contributed by atoms with E-state index in [0.29, 0.717) is 5.88 Å². The first-order valence-corrected chi connectivity index (χ1v) is 5.88. The molecular weight excluding hydrogens is 228 g/mol. The lowest BCUT2D eigenvalue weighted by molar-refractivity contribution is 0.439. The minimum absolute atomic E-state index is 0.320. The summed E-state index contributed by atoms with van der Waals surface area (Å²) in [5.74, 6) is 1.34. The predicted octanol–water partition coefficient (Wildman–Crippen LogP) is 2.60. The third-order valence-corrected chi connectivity index (χ3v) is 3.08. The smallest absolute Gasteiger partial charge is 0.222 e. The van der Waals surface area contributed by atoms with Crippen LogP contribution in [0.25, 0.3) is 22.3 Å². The van der Waals surface area contributed by atoms with E-state index < -0.39 is 0 Å². The Kier molecular flexibility index (Phi) is 2.33. The average molecular weight is 242 g/mol. The number of nitrogen functional groups attached to an aromatic ring is 1. The van der Waals surface area contributed by atoms with Gasteiger partial charge in [0.05, 0.1) is 11.0 Å². The molecule has 0 aliphatic heterocycles. The molecule has 5 nitrogen and oxygen atoms in total. The molecule has 0 aliphatic carbocycles. The molecule has 0 bridgehead atoms. The third kappa shape index (κ3) is 1.55. The molecule has 1 aromatic carbocycles. The van der Waals surface area contributed by atoms with Crippen LogP contribution >= 0.6 is 0 Å². The van der Waals surface area contributed by atoms with Crippen LogP contribution in [-0.4, -0.2) is 14.7 Å². The Labute approximate surface area is 104 Å². The van der Waals surface area contributed by atoms with Crippen molar-refractivity contribution in [1.82, 2.24) is 14.7 Å². The highest BCUT2D eigenvalue weighted by Crippen LogP contribution is 2.25. The summed E-state index contributed by atoms with van der Waals surface area (Å²) in [6, 6.07) is 7.78. The first-order chi connectivity index (χ1) is 8.69. The predicted molar refractivity (Wildman–Crippen MR) is 70.1 cm³/mol. The molecule has 0 amide bonds. The molecule has 2 heterocycles. The molecule has 3 aromatic rings. The highest BCUT2D eigenvalue weighted by molar-refractivity contribution is 5.82. The fourth-order valence-corrected chi connectivity index (χ4v) is 2.23. The van der Waals surface area contributed by atoms with E-state index >= 15 is 0 Å². The molecule has 0 unspecified atom stereocenters. The van der Waals surface area contributed by atoms with Crippen LogP contribution in [-0.2, 0) is 6.54 Å². The number of nitrogens with zero attached hydrogens (tertiary/aromatic N) is 3. The fourth-order valence-electron chi connectivity index (χ4n) is 2.23. The van der Waals surface area contributed by atoms with Crippen molar-refractivity contribution in [3.63, 3.8) is 0 Å². The van der Waals surface area contributed by atoms with Gasteiger partial charge in [0, 0.05) is 18.2 Å². The SMILES string of the molecule is CCn1c(C)nc2cc(-c3cc(N)on3)ccc21. The van der Waals surface area contributed by atoms with Crippen molar-refractivity contribution >= 4 is 16.9 Å². The standard InChI is InChI=1S/C13H14N4O/c1-3-17-8(2)15-11-6-9(4-5-12(11)17)10-7-13(14)18-16-10/h4-7H,3,14H2,1-2H3. The summed E-state index contributed by atoms with van der Waals surface area (Å²) in [6.07, 6.45) is 0. The number of fused-ring (bicyclic) bond motifs is 1. The van der Waals surface area contributed by atoms with Crippen LogP contribution in [0.2, 0.25) is 0 Å². The number of anilines is 1. The molecule has 2 aromatic heterocycles. The first-order valence-electron chi connectivity index (χ1n) is 5.88. The summed E-state index contributed by atoms with van der Waals surface area (Å²) in [4.78, 5) is 4.55. The number of imidazole rings is 1. The second kappa shape index (κ2) is 3.87. The summed E-state index contributed by atoms with van der Waals surface area (Å²) in [5, 5.41) is 3.91. The Bertz CT molecular complexity index is 711. The van der Waals surface area contributed by atoms with Crippen LogP contribution < -0.4 is 5.73 Å². The second-order valence-electron chi connectivity index (χ2n) is 4.22. The van der Waals surface area contributed by atoms with Gasteiger partial charge in [-0.3, -0.25) is 0 Å². The molecule has 0 radical (unpaired) electrons. The molecule has 0 spiro atoms. The summed E-state index contributed by atoms with van der Waals surface area (Å²) < 4.78 is 7.06. The van der Waals surface area contributed by atoms with Gasteiger partial charge in [0.15, 0.2) is 0 Å². The minimum atomic E-state index is 0.320. The summed E-state index contributed by atoms with van der Waals surface area (Å²) in [5.41, 5.74) is 9.33. The van der Waals surface area contributed by atoms with Crippen molar-refractivity contribution < 1.29 is 4.52 Å². The Morgan fingerprint density at radius 1 is 1.33 bits per heavy atom. The van der Waals surface area contributed by atoms with Crippen molar-refractivity contribution in [3.8, 4) is 11.3 Å². The molecule has 0 saturated carbocycles. The maximum Gasteiger partial charge on any atom is 0.222 e. The van der Waals surface area contributed by atoms with E-state index in [1.807, 2.05) is 19.1 Å². The van der Waals surface area contributed by atoms with Crippen molar-refractivity contribution in [1.29, 1.82) is 0 Å². The van der Waals surface area contributed by atoms with Crippen molar-refractivity contribution in [3.05, 3.63) is 30.1 Å². The quantitative estimate of drug-likeness (QED) is 0.749. The minimum Gasteiger partial charge on any atom is -0.368 e. The summed E-state index contributed by atoms with van der Waals surface area (Å²) >= 11 is 0. The van der Waals surface area contributed by atoms with E-state index in [1.54, 1.807) is 6.07 Å². The van der Waals surface area contributed by atoms with E-state index in [0.717, 1.165) is 34.7 Å². The Morgan fingerprint density at radius 3 is 2.83 bits per heavy atom. The maximum atomic E-state index is 5.53. The van der Waals surface area contributed by atoms with Crippen LogP contribution in [0.3, 0.4) is 0 Å². The van der Waals surface area contributed by atoms with Crippen LogP contribution in [0.15, 0.2) is 28.8 Å². The van der Waals surface area contributed by atoms with Gasteiger partial charge in [-0.1, -0.05) is 11.2 Å². The second-order valence-corrected chi connectivity index (χ2v) is 4.22. The molecule has 5 heteroatoms. The molecule has 0 atom stereocenters. The molecule has 3 rings (SSSR count). The van der Waals surface area contributed by atoms with Crippen molar-refractivity contribution in [2.24, 2.45) is 0 Å². The Morgan fingerprint density at radius 2 is 2.17 bits per heavy atom. The molecule has 0 fully saturated rings. The zero-order valence-electron chi connectivity index (χ0n) is 10.3. The van der Waals surface area contributed by atoms with Gasteiger partial charge in [0.25, 0.3) is 0 Å². The molecule has 18 heavy (non-hydrogen) atoms. The number of nitrogens with two attached hydrogens (primary N) is 1. The number of aryl methyl sites for hydroxylation is 2. The van der Waals surface area contributed by atoms with Crippen LogP contribution in [0.5, 0.6) is 0 Å².